The lowest BCUT2D eigenvalue weighted by Gasteiger charge is -2.21. The Morgan fingerprint density at radius 2 is 2.00 bits per heavy atom. The molecule has 0 radical (unpaired) electrons. The molecule has 2 rings (SSSR count). The van der Waals surface area contributed by atoms with Gasteiger partial charge < -0.3 is 9.15 Å². The standard InChI is InChI=1S/C14H18FN3O2/c1-10(14-17-16-11(2)20-14)18(3)8-9-19-13-6-4-12(15)5-7-13/h4-7,10H,8-9H2,1-3H3. The Bertz CT molecular complexity index is 542. The number of likely N-dealkylation sites (N-methyl/N-ethyl adjacent to an activating group) is 1. The predicted octanol–water partition coefficient (Wildman–Crippen LogP) is 2.59. The third-order valence-corrected chi connectivity index (χ3v) is 3.09. The van der Waals surface area contributed by atoms with E-state index in [1.54, 1.807) is 19.1 Å². The van der Waals surface area contributed by atoms with Crippen LogP contribution in [0.15, 0.2) is 28.7 Å². The highest BCUT2D eigenvalue weighted by Crippen LogP contribution is 2.17. The van der Waals surface area contributed by atoms with Crippen LogP contribution in [-0.4, -0.2) is 35.3 Å². The Hall–Kier alpha value is -1.95. The van der Waals surface area contributed by atoms with E-state index in [9.17, 15) is 4.39 Å². The number of nitrogens with zero attached hydrogens (tertiary/aromatic N) is 3. The van der Waals surface area contributed by atoms with E-state index < -0.39 is 0 Å². The Labute approximate surface area is 117 Å². The highest BCUT2D eigenvalue weighted by atomic mass is 19.1. The number of aromatic nitrogens is 2. The molecule has 1 unspecified atom stereocenters. The van der Waals surface area contributed by atoms with Crippen molar-refractivity contribution in [1.29, 1.82) is 0 Å². The molecule has 0 amide bonds. The van der Waals surface area contributed by atoms with E-state index in [1.165, 1.54) is 12.1 Å². The van der Waals surface area contributed by atoms with Gasteiger partial charge in [-0.3, -0.25) is 4.90 Å². The van der Waals surface area contributed by atoms with Gasteiger partial charge in [-0.15, -0.1) is 10.2 Å². The smallest absolute Gasteiger partial charge is 0.233 e. The highest BCUT2D eigenvalue weighted by Gasteiger charge is 2.17. The zero-order valence-corrected chi connectivity index (χ0v) is 11.8. The van der Waals surface area contributed by atoms with Gasteiger partial charge in [0.15, 0.2) is 0 Å². The first-order valence-electron chi connectivity index (χ1n) is 6.45. The van der Waals surface area contributed by atoms with Crippen molar-refractivity contribution < 1.29 is 13.5 Å². The zero-order chi connectivity index (χ0) is 14.5. The average Bonchev–Trinajstić information content (AvgIpc) is 2.86. The summed E-state index contributed by atoms with van der Waals surface area (Å²) in [5, 5.41) is 7.82. The van der Waals surface area contributed by atoms with Crippen LogP contribution in [0.5, 0.6) is 5.75 Å². The summed E-state index contributed by atoms with van der Waals surface area (Å²) in [4.78, 5) is 2.05. The van der Waals surface area contributed by atoms with E-state index in [-0.39, 0.29) is 11.9 Å². The normalized spacial score (nSPS) is 12.7. The van der Waals surface area contributed by atoms with Gasteiger partial charge in [0.1, 0.15) is 18.2 Å². The molecule has 1 atom stereocenters. The lowest BCUT2D eigenvalue weighted by molar-refractivity contribution is 0.180. The Morgan fingerprint density at radius 1 is 1.30 bits per heavy atom. The first-order valence-corrected chi connectivity index (χ1v) is 6.45. The van der Waals surface area contributed by atoms with Crippen LogP contribution in [0.25, 0.3) is 0 Å². The summed E-state index contributed by atoms with van der Waals surface area (Å²) in [6, 6.07) is 6.00. The second-order valence-corrected chi connectivity index (χ2v) is 4.62. The molecule has 108 valence electrons. The number of hydrogen-bond acceptors (Lipinski definition) is 5. The fourth-order valence-corrected chi connectivity index (χ4v) is 1.70. The molecule has 0 N–H and O–H groups in total. The molecule has 0 bridgehead atoms. The molecule has 6 heteroatoms. The lowest BCUT2D eigenvalue weighted by atomic mass is 10.3. The van der Waals surface area contributed by atoms with Gasteiger partial charge in [0.25, 0.3) is 0 Å². The Morgan fingerprint density at radius 3 is 2.60 bits per heavy atom. The van der Waals surface area contributed by atoms with Crippen molar-refractivity contribution in [1.82, 2.24) is 15.1 Å². The van der Waals surface area contributed by atoms with E-state index in [0.29, 0.717) is 30.7 Å². The summed E-state index contributed by atoms with van der Waals surface area (Å²) in [7, 11) is 1.96. The van der Waals surface area contributed by atoms with Crippen molar-refractivity contribution in [3.05, 3.63) is 41.9 Å². The van der Waals surface area contributed by atoms with E-state index in [1.807, 2.05) is 14.0 Å². The van der Waals surface area contributed by atoms with Gasteiger partial charge in [-0.05, 0) is 38.2 Å². The molecule has 0 saturated heterocycles. The first kappa shape index (κ1) is 14.5. The SMILES string of the molecule is Cc1nnc(C(C)N(C)CCOc2ccc(F)cc2)o1. The summed E-state index contributed by atoms with van der Waals surface area (Å²) >= 11 is 0. The van der Waals surface area contributed by atoms with Crippen LogP contribution >= 0.6 is 0 Å². The van der Waals surface area contributed by atoms with Crippen LogP contribution < -0.4 is 4.74 Å². The van der Waals surface area contributed by atoms with Crippen molar-refractivity contribution >= 4 is 0 Å². The maximum Gasteiger partial charge on any atom is 0.233 e. The van der Waals surface area contributed by atoms with Crippen molar-refractivity contribution in [3.63, 3.8) is 0 Å². The molecule has 1 heterocycles. The molecule has 5 nitrogen and oxygen atoms in total. The van der Waals surface area contributed by atoms with Gasteiger partial charge in [0, 0.05) is 13.5 Å². The minimum absolute atomic E-state index is 0.0213. The maximum atomic E-state index is 12.7. The number of halogens is 1. The Kier molecular flexibility index (Phi) is 4.68. The molecular formula is C14H18FN3O2. The van der Waals surface area contributed by atoms with E-state index in [4.69, 9.17) is 9.15 Å². The number of aryl methyl sites for hydroxylation is 1. The first-order chi connectivity index (χ1) is 9.56. The van der Waals surface area contributed by atoms with Crippen molar-refractivity contribution in [2.75, 3.05) is 20.2 Å². The summed E-state index contributed by atoms with van der Waals surface area (Å²) < 4.78 is 23.7. The van der Waals surface area contributed by atoms with Crippen LogP contribution in [-0.2, 0) is 0 Å². The molecule has 0 aliphatic heterocycles. The van der Waals surface area contributed by atoms with Crippen LogP contribution in [0.4, 0.5) is 4.39 Å². The third-order valence-electron chi connectivity index (χ3n) is 3.09. The molecule has 20 heavy (non-hydrogen) atoms. The second-order valence-electron chi connectivity index (χ2n) is 4.62. The van der Waals surface area contributed by atoms with Crippen LogP contribution in [0, 0.1) is 12.7 Å². The second kappa shape index (κ2) is 6.47. The molecule has 1 aromatic carbocycles. The van der Waals surface area contributed by atoms with Gasteiger partial charge >= 0.3 is 0 Å². The molecule has 0 aliphatic rings. The van der Waals surface area contributed by atoms with E-state index >= 15 is 0 Å². The largest absolute Gasteiger partial charge is 0.492 e. The molecule has 0 saturated carbocycles. The number of rotatable bonds is 6. The predicted molar refractivity (Wildman–Crippen MR) is 72.0 cm³/mol. The highest BCUT2D eigenvalue weighted by molar-refractivity contribution is 5.21. The maximum absolute atomic E-state index is 12.7. The average molecular weight is 279 g/mol. The van der Waals surface area contributed by atoms with Gasteiger partial charge in [-0.2, -0.15) is 0 Å². The molecule has 0 fully saturated rings. The van der Waals surface area contributed by atoms with Crippen LogP contribution in [0.2, 0.25) is 0 Å². The van der Waals surface area contributed by atoms with Gasteiger partial charge in [0.2, 0.25) is 11.8 Å². The number of hydrogen-bond donors (Lipinski definition) is 0. The third kappa shape index (κ3) is 3.77. The number of benzene rings is 1. The summed E-state index contributed by atoms with van der Waals surface area (Å²) in [6.07, 6.45) is 0. The van der Waals surface area contributed by atoms with E-state index in [2.05, 4.69) is 15.1 Å². The van der Waals surface area contributed by atoms with Gasteiger partial charge in [-0.1, -0.05) is 0 Å². The topological polar surface area (TPSA) is 51.4 Å². The minimum atomic E-state index is -0.269. The summed E-state index contributed by atoms with van der Waals surface area (Å²) in [6.45, 7) is 4.95. The molecule has 2 aromatic rings. The summed E-state index contributed by atoms with van der Waals surface area (Å²) in [5.41, 5.74) is 0. The number of ether oxygens (including phenoxy) is 1. The zero-order valence-electron chi connectivity index (χ0n) is 11.8. The quantitative estimate of drug-likeness (QED) is 0.813. The fraction of sp³-hybridized carbons (Fsp3) is 0.429. The Balaban J connectivity index is 1.80. The van der Waals surface area contributed by atoms with Crippen molar-refractivity contribution in [2.24, 2.45) is 0 Å². The van der Waals surface area contributed by atoms with Crippen LogP contribution in [0.1, 0.15) is 24.7 Å². The molecule has 0 spiro atoms. The van der Waals surface area contributed by atoms with Crippen LogP contribution in [0.3, 0.4) is 0 Å². The molecule has 1 aromatic heterocycles. The van der Waals surface area contributed by atoms with Crippen molar-refractivity contribution in [2.45, 2.75) is 19.9 Å². The fourth-order valence-electron chi connectivity index (χ4n) is 1.70. The summed E-state index contributed by atoms with van der Waals surface area (Å²) in [5.74, 6) is 1.53. The van der Waals surface area contributed by atoms with Crippen molar-refractivity contribution in [3.8, 4) is 5.75 Å². The van der Waals surface area contributed by atoms with Gasteiger partial charge in [-0.25, -0.2) is 4.39 Å². The monoisotopic (exact) mass is 279 g/mol. The lowest BCUT2D eigenvalue weighted by Crippen LogP contribution is -2.27. The van der Waals surface area contributed by atoms with Gasteiger partial charge in [0.05, 0.1) is 6.04 Å². The molecule has 0 aliphatic carbocycles. The van der Waals surface area contributed by atoms with E-state index in [0.717, 1.165) is 0 Å². The minimum Gasteiger partial charge on any atom is -0.492 e. The molecular weight excluding hydrogens is 261 g/mol.